The summed E-state index contributed by atoms with van der Waals surface area (Å²) in [6.45, 7) is -3.00. The van der Waals surface area contributed by atoms with Gasteiger partial charge < -0.3 is 20.1 Å². The Kier molecular flexibility index (Phi) is 6.35. The minimum atomic E-state index is -3.01. The highest BCUT2D eigenvalue weighted by molar-refractivity contribution is 6.30. The molecule has 0 bridgehead atoms. The first kappa shape index (κ1) is 18.7. The highest BCUT2D eigenvalue weighted by atomic mass is 35.5. The Morgan fingerprint density at radius 3 is 2.60 bits per heavy atom. The number of alkyl halides is 2. The molecule has 0 heterocycles. The summed E-state index contributed by atoms with van der Waals surface area (Å²) >= 11 is 5.63. The molecule has 0 fully saturated rings. The SMILES string of the molecule is COc1ccc(CNC(=O)Nc2ccc(Cl)cc2F)cc1OC(F)F. The highest BCUT2D eigenvalue weighted by Gasteiger charge is 2.12. The highest BCUT2D eigenvalue weighted by Crippen LogP contribution is 2.29. The first-order chi connectivity index (χ1) is 11.9. The molecule has 9 heteroatoms. The standard InChI is InChI=1S/C16H14ClF3N2O3/c1-24-13-5-2-9(6-14(13)25-15(19)20)8-21-16(23)22-12-4-3-10(17)7-11(12)18/h2-7,15H,8H2,1H3,(H2,21,22,23). The van der Waals surface area contributed by atoms with Crippen molar-refractivity contribution >= 4 is 23.3 Å². The molecule has 0 atom stereocenters. The number of halogens is 4. The number of ether oxygens (including phenoxy) is 2. The van der Waals surface area contributed by atoms with Crippen LogP contribution < -0.4 is 20.1 Å². The Morgan fingerprint density at radius 1 is 1.20 bits per heavy atom. The Labute approximate surface area is 146 Å². The van der Waals surface area contributed by atoms with Crippen LogP contribution in [0.2, 0.25) is 5.02 Å². The van der Waals surface area contributed by atoms with E-state index in [-0.39, 0.29) is 28.8 Å². The molecule has 0 spiro atoms. The molecule has 5 nitrogen and oxygen atoms in total. The Balaban J connectivity index is 1.99. The van der Waals surface area contributed by atoms with Gasteiger partial charge >= 0.3 is 12.6 Å². The molecule has 0 unspecified atom stereocenters. The monoisotopic (exact) mass is 374 g/mol. The number of hydrogen-bond acceptors (Lipinski definition) is 3. The predicted octanol–water partition coefficient (Wildman–Crippen LogP) is 4.41. The summed E-state index contributed by atoms with van der Waals surface area (Å²) in [6.07, 6.45) is 0. The zero-order valence-electron chi connectivity index (χ0n) is 13.0. The van der Waals surface area contributed by atoms with E-state index in [2.05, 4.69) is 15.4 Å². The van der Waals surface area contributed by atoms with Crippen molar-refractivity contribution in [2.45, 2.75) is 13.2 Å². The number of urea groups is 1. The summed E-state index contributed by atoms with van der Waals surface area (Å²) in [4.78, 5) is 11.8. The lowest BCUT2D eigenvalue weighted by molar-refractivity contribution is -0.0512. The minimum absolute atomic E-state index is 0.00460. The first-order valence-corrected chi connectivity index (χ1v) is 7.38. The van der Waals surface area contributed by atoms with Crippen molar-refractivity contribution in [1.29, 1.82) is 0 Å². The number of rotatable bonds is 6. The molecular formula is C16H14ClF3N2O3. The lowest BCUT2D eigenvalue weighted by atomic mass is 10.2. The van der Waals surface area contributed by atoms with Gasteiger partial charge in [-0.05, 0) is 35.9 Å². The zero-order chi connectivity index (χ0) is 18.4. The third kappa shape index (κ3) is 5.46. The molecule has 0 aromatic heterocycles. The van der Waals surface area contributed by atoms with Gasteiger partial charge in [-0.25, -0.2) is 9.18 Å². The van der Waals surface area contributed by atoms with Gasteiger partial charge in [0.25, 0.3) is 0 Å². The summed E-state index contributed by atoms with van der Waals surface area (Å²) < 4.78 is 47.7. The molecule has 2 aromatic rings. The van der Waals surface area contributed by atoms with Gasteiger partial charge in [0, 0.05) is 11.6 Å². The van der Waals surface area contributed by atoms with Gasteiger partial charge in [0.1, 0.15) is 5.82 Å². The van der Waals surface area contributed by atoms with Gasteiger partial charge in [0.15, 0.2) is 11.5 Å². The quantitative estimate of drug-likeness (QED) is 0.787. The number of carbonyl (C=O) groups excluding carboxylic acids is 1. The number of carbonyl (C=O) groups is 1. The van der Waals surface area contributed by atoms with Crippen LogP contribution in [-0.2, 0) is 6.54 Å². The van der Waals surface area contributed by atoms with Gasteiger partial charge in [-0.15, -0.1) is 0 Å². The molecule has 0 radical (unpaired) electrons. The van der Waals surface area contributed by atoms with E-state index in [0.29, 0.717) is 5.56 Å². The summed E-state index contributed by atoms with van der Waals surface area (Å²) in [6, 6.07) is 7.46. The number of anilines is 1. The van der Waals surface area contributed by atoms with E-state index in [1.807, 2.05) is 0 Å². The largest absolute Gasteiger partial charge is 0.493 e. The number of benzene rings is 2. The van der Waals surface area contributed by atoms with Crippen molar-refractivity contribution in [1.82, 2.24) is 5.32 Å². The average Bonchev–Trinajstić information content (AvgIpc) is 2.55. The van der Waals surface area contributed by atoms with E-state index in [1.165, 1.54) is 31.4 Å². The maximum Gasteiger partial charge on any atom is 0.387 e. The third-order valence-electron chi connectivity index (χ3n) is 3.08. The zero-order valence-corrected chi connectivity index (χ0v) is 13.7. The van der Waals surface area contributed by atoms with E-state index in [4.69, 9.17) is 16.3 Å². The molecular weight excluding hydrogens is 361 g/mol. The van der Waals surface area contributed by atoms with Crippen molar-refractivity contribution in [3.05, 3.63) is 52.8 Å². The smallest absolute Gasteiger partial charge is 0.387 e. The van der Waals surface area contributed by atoms with Gasteiger partial charge in [-0.2, -0.15) is 8.78 Å². The van der Waals surface area contributed by atoms with Crippen LogP contribution in [0.25, 0.3) is 0 Å². The number of methoxy groups -OCH3 is 1. The van der Waals surface area contributed by atoms with E-state index < -0.39 is 18.5 Å². The maximum absolute atomic E-state index is 13.6. The molecule has 0 aliphatic carbocycles. The van der Waals surface area contributed by atoms with Crippen LogP contribution in [0, 0.1) is 5.82 Å². The first-order valence-electron chi connectivity index (χ1n) is 7.00. The van der Waals surface area contributed by atoms with Gasteiger partial charge in [-0.1, -0.05) is 17.7 Å². The lowest BCUT2D eigenvalue weighted by Crippen LogP contribution is -2.28. The normalized spacial score (nSPS) is 10.5. The molecule has 134 valence electrons. The Bertz CT molecular complexity index is 759. The maximum atomic E-state index is 13.6. The number of nitrogens with one attached hydrogen (secondary N) is 2. The van der Waals surface area contributed by atoms with Crippen LogP contribution in [-0.4, -0.2) is 19.8 Å². The molecule has 0 aliphatic heterocycles. The molecule has 2 rings (SSSR count). The molecule has 25 heavy (non-hydrogen) atoms. The molecule has 0 aliphatic rings. The summed E-state index contributed by atoms with van der Waals surface area (Å²) in [5.74, 6) is -0.697. The van der Waals surface area contributed by atoms with Crippen molar-refractivity contribution < 1.29 is 27.4 Å². The summed E-state index contributed by atoms with van der Waals surface area (Å²) in [5.41, 5.74) is 0.446. The molecule has 2 N–H and O–H groups in total. The van der Waals surface area contributed by atoms with Crippen LogP contribution in [0.4, 0.5) is 23.7 Å². The van der Waals surface area contributed by atoms with Gasteiger partial charge in [0.05, 0.1) is 12.8 Å². The Hall–Kier alpha value is -2.61. The van der Waals surface area contributed by atoms with Crippen LogP contribution in [0.3, 0.4) is 0 Å². The number of hydrogen-bond donors (Lipinski definition) is 2. The fourth-order valence-electron chi connectivity index (χ4n) is 1.96. The van der Waals surface area contributed by atoms with Crippen LogP contribution in [0.15, 0.2) is 36.4 Å². The van der Waals surface area contributed by atoms with Crippen LogP contribution in [0.1, 0.15) is 5.56 Å². The van der Waals surface area contributed by atoms with Crippen molar-refractivity contribution in [2.75, 3.05) is 12.4 Å². The van der Waals surface area contributed by atoms with Crippen molar-refractivity contribution in [3.63, 3.8) is 0 Å². The lowest BCUT2D eigenvalue weighted by Gasteiger charge is -2.12. The topological polar surface area (TPSA) is 59.6 Å². The minimum Gasteiger partial charge on any atom is -0.493 e. The van der Waals surface area contributed by atoms with Crippen LogP contribution in [0.5, 0.6) is 11.5 Å². The predicted molar refractivity (Wildman–Crippen MR) is 86.9 cm³/mol. The Morgan fingerprint density at radius 2 is 1.96 bits per heavy atom. The van der Waals surface area contributed by atoms with E-state index in [9.17, 15) is 18.0 Å². The second-order valence-electron chi connectivity index (χ2n) is 4.80. The second kappa shape index (κ2) is 8.48. The van der Waals surface area contributed by atoms with E-state index in [0.717, 1.165) is 6.07 Å². The van der Waals surface area contributed by atoms with Crippen molar-refractivity contribution in [2.24, 2.45) is 0 Å². The summed E-state index contributed by atoms with van der Waals surface area (Å²) in [7, 11) is 1.32. The molecule has 0 saturated carbocycles. The summed E-state index contributed by atoms with van der Waals surface area (Å²) in [5, 5.41) is 4.99. The van der Waals surface area contributed by atoms with E-state index >= 15 is 0 Å². The van der Waals surface area contributed by atoms with Gasteiger partial charge in [-0.3, -0.25) is 0 Å². The number of amides is 2. The van der Waals surface area contributed by atoms with Crippen LogP contribution >= 0.6 is 11.6 Å². The third-order valence-corrected chi connectivity index (χ3v) is 3.31. The molecule has 2 amide bonds. The average molecular weight is 375 g/mol. The second-order valence-corrected chi connectivity index (χ2v) is 5.23. The van der Waals surface area contributed by atoms with E-state index in [1.54, 1.807) is 6.07 Å². The van der Waals surface area contributed by atoms with Gasteiger partial charge in [0.2, 0.25) is 0 Å². The fraction of sp³-hybridized carbons (Fsp3) is 0.188. The molecule has 2 aromatic carbocycles. The fourth-order valence-corrected chi connectivity index (χ4v) is 2.12. The molecule has 0 saturated heterocycles. The van der Waals surface area contributed by atoms with Crippen molar-refractivity contribution in [3.8, 4) is 11.5 Å².